The van der Waals surface area contributed by atoms with Gasteiger partial charge in [-0.15, -0.1) is 0 Å². The lowest BCUT2D eigenvalue weighted by Crippen LogP contribution is -2.27. The van der Waals surface area contributed by atoms with E-state index in [0.717, 1.165) is 31.5 Å². The first-order valence-electron chi connectivity index (χ1n) is 10.6. The Kier molecular flexibility index (Phi) is 5.17. The summed E-state index contributed by atoms with van der Waals surface area (Å²) >= 11 is 0. The molecule has 33 heavy (non-hydrogen) atoms. The van der Waals surface area contributed by atoms with Crippen LogP contribution in [0.1, 0.15) is 28.8 Å². The topological polar surface area (TPSA) is 116 Å². The molecule has 10 nitrogen and oxygen atoms in total. The molecule has 0 bridgehead atoms. The minimum absolute atomic E-state index is 0.0294. The highest BCUT2D eigenvalue weighted by atomic mass is 16.6. The molecular formula is C23H20N6O4. The van der Waals surface area contributed by atoms with Crippen LogP contribution in [0.25, 0.3) is 16.7 Å². The van der Waals surface area contributed by atoms with E-state index in [4.69, 9.17) is 0 Å². The number of hydrogen-bond acceptors (Lipinski definition) is 6. The van der Waals surface area contributed by atoms with Crippen LogP contribution < -0.4 is 5.56 Å². The zero-order valence-electron chi connectivity index (χ0n) is 17.6. The van der Waals surface area contributed by atoms with Crippen LogP contribution in [0.2, 0.25) is 0 Å². The Balaban J connectivity index is 1.43. The van der Waals surface area contributed by atoms with E-state index in [0.29, 0.717) is 5.56 Å². The van der Waals surface area contributed by atoms with Gasteiger partial charge in [0, 0.05) is 24.7 Å². The number of rotatable bonds is 5. The molecular weight excluding hydrogens is 424 g/mol. The van der Waals surface area contributed by atoms with E-state index in [-0.39, 0.29) is 40.4 Å². The summed E-state index contributed by atoms with van der Waals surface area (Å²) in [6, 6.07) is 13.4. The molecule has 0 atom stereocenters. The van der Waals surface area contributed by atoms with Crippen LogP contribution in [0.4, 0.5) is 5.69 Å². The molecule has 0 saturated carbocycles. The van der Waals surface area contributed by atoms with Gasteiger partial charge in [0.25, 0.3) is 17.2 Å². The molecule has 0 unspecified atom stereocenters. The summed E-state index contributed by atoms with van der Waals surface area (Å²) in [6.45, 7) is 1.86. The van der Waals surface area contributed by atoms with Gasteiger partial charge in [0.2, 0.25) is 0 Å². The lowest BCUT2D eigenvalue weighted by Gasteiger charge is -2.15. The van der Waals surface area contributed by atoms with Crippen LogP contribution in [-0.2, 0) is 6.54 Å². The summed E-state index contributed by atoms with van der Waals surface area (Å²) in [5.41, 5.74) is 1.53. The van der Waals surface area contributed by atoms with Crippen molar-refractivity contribution >= 4 is 22.6 Å². The zero-order chi connectivity index (χ0) is 22.9. The summed E-state index contributed by atoms with van der Waals surface area (Å²) in [5.74, 6) is 0.0294. The lowest BCUT2D eigenvalue weighted by atomic mass is 10.1. The number of aromatic nitrogens is 4. The second-order valence-corrected chi connectivity index (χ2v) is 7.91. The zero-order valence-corrected chi connectivity index (χ0v) is 17.6. The summed E-state index contributed by atoms with van der Waals surface area (Å²) in [4.78, 5) is 42.6. The molecule has 2 aromatic carbocycles. The highest BCUT2D eigenvalue weighted by Gasteiger charge is 2.20. The van der Waals surface area contributed by atoms with Gasteiger partial charge >= 0.3 is 0 Å². The van der Waals surface area contributed by atoms with Crippen molar-refractivity contribution in [3.8, 4) is 5.69 Å². The van der Waals surface area contributed by atoms with Crippen molar-refractivity contribution in [3.63, 3.8) is 0 Å². The van der Waals surface area contributed by atoms with Crippen LogP contribution in [0, 0.1) is 10.1 Å². The summed E-state index contributed by atoms with van der Waals surface area (Å²) < 4.78 is 2.75. The lowest BCUT2D eigenvalue weighted by molar-refractivity contribution is -0.384. The average Bonchev–Trinajstić information content (AvgIpc) is 3.51. The minimum Gasteiger partial charge on any atom is -0.339 e. The fraction of sp³-hybridized carbons (Fsp3) is 0.217. The van der Waals surface area contributed by atoms with Gasteiger partial charge in [-0.1, -0.05) is 24.3 Å². The largest absolute Gasteiger partial charge is 0.339 e. The van der Waals surface area contributed by atoms with Crippen molar-refractivity contribution < 1.29 is 9.72 Å². The number of nitrogens with zero attached hydrogens (tertiary/aromatic N) is 6. The van der Waals surface area contributed by atoms with Gasteiger partial charge in [-0.3, -0.25) is 24.3 Å². The summed E-state index contributed by atoms with van der Waals surface area (Å²) in [5, 5.41) is 15.8. The number of benzene rings is 2. The predicted octanol–water partition coefficient (Wildman–Crippen LogP) is 2.77. The standard InChI is InChI=1S/C23H20N6O4/c30-22(26-11-3-4-12-26)17-9-7-16(8-10-17)14-27-15-24-21-18(23(27)31)13-25-28(21)19-5-1-2-6-20(19)29(32)33/h1-2,5-10,13,15H,3-4,11-12,14H2. The maximum absolute atomic E-state index is 13.0. The van der Waals surface area contributed by atoms with Gasteiger partial charge in [0.1, 0.15) is 17.4 Å². The molecule has 2 aromatic heterocycles. The third-order valence-electron chi connectivity index (χ3n) is 5.81. The van der Waals surface area contributed by atoms with E-state index in [1.54, 1.807) is 30.3 Å². The molecule has 0 aliphatic carbocycles. The molecule has 1 aliphatic rings. The van der Waals surface area contributed by atoms with Crippen LogP contribution in [0.15, 0.2) is 65.8 Å². The molecule has 1 saturated heterocycles. The molecule has 0 spiro atoms. The number of nitro groups is 1. The molecule has 0 N–H and O–H groups in total. The number of likely N-dealkylation sites (tertiary alicyclic amines) is 1. The average molecular weight is 444 g/mol. The number of carbonyl (C=O) groups excluding carboxylic acids is 1. The number of para-hydroxylation sites is 2. The number of fused-ring (bicyclic) bond motifs is 1. The molecule has 1 aliphatic heterocycles. The van der Waals surface area contributed by atoms with Crippen LogP contribution in [-0.4, -0.2) is 48.2 Å². The van der Waals surface area contributed by atoms with Gasteiger partial charge in [-0.25, -0.2) is 9.67 Å². The fourth-order valence-corrected chi connectivity index (χ4v) is 4.09. The fourth-order valence-electron chi connectivity index (χ4n) is 4.09. The first kappa shape index (κ1) is 20.6. The smallest absolute Gasteiger partial charge is 0.294 e. The van der Waals surface area contributed by atoms with Gasteiger partial charge in [0.15, 0.2) is 5.65 Å². The third-order valence-corrected chi connectivity index (χ3v) is 5.81. The predicted molar refractivity (Wildman–Crippen MR) is 120 cm³/mol. The molecule has 3 heterocycles. The Morgan fingerprint density at radius 2 is 1.79 bits per heavy atom. The van der Waals surface area contributed by atoms with E-state index < -0.39 is 4.92 Å². The maximum atomic E-state index is 13.0. The molecule has 0 radical (unpaired) electrons. The number of amides is 1. The highest BCUT2D eigenvalue weighted by Crippen LogP contribution is 2.24. The second kappa shape index (κ2) is 8.30. The summed E-state index contributed by atoms with van der Waals surface area (Å²) in [6.07, 6.45) is 4.85. The SMILES string of the molecule is O=C(c1ccc(Cn2cnc3c(cnn3-c3ccccc3[N+](=O)[O-])c2=O)cc1)N1CCCC1. The first-order chi connectivity index (χ1) is 16.0. The normalized spacial score (nSPS) is 13.5. The van der Waals surface area contributed by atoms with Gasteiger partial charge in [0.05, 0.1) is 17.7 Å². The Morgan fingerprint density at radius 1 is 1.06 bits per heavy atom. The maximum Gasteiger partial charge on any atom is 0.294 e. The summed E-state index contributed by atoms with van der Waals surface area (Å²) in [7, 11) is 0. The van der Waals surface area contributed by atoms with E-state index >= 15 is 0 Å². The van der Waals surface area contributed by atoms with E-state index in [1.165, 1.54) is 27.8 Å². The molecule has 1 fully saturated rings. The molecule has 5 rings (SSSR count). The highest BCUT2D eigenvalue weighted by molar-refractivity contribution is 5.94. The second-order valence-electron chi connectivity index (χ2n) is 7.91. The number of hydrogen-bond donors (Lipinski definition) is 0. The molecule has 166 valence electrons. The van der Waals surface area contributed by atoms with E-state index in [1.807, 2.05) is 17.0 Å². The Bertz CT molecular complexity index is 1420. The van der Waals surface area contributed by atoms with Crippen molar-refractivity contribution in [3.05, 3.63) is 92.7 Å². The minimum atomic E-state index is -0.498. The van der Waals surface area contributed by atoms with Crippen molar-refractivity contribution in [2.24, 2.45) is 0 Å². The van der Waals surface area contributed by atoms with Crippen LogP contribution in [0.5, 0.6) is 0 Å². The van der Waals surface area contributed by atoms with E-state index in [2.05, 4.69) is 10.1 Å². The van der Waals surface area contributed by atoms with Crippen LogP contribution >= 0.6 is 0 Å². The van der Waals surface area contributed by atoms with Crippen molar-refractivity contribution in [2.75, 3.05) is 13.1 Å². The van der Waals surface area contributed by atoms with Gasteiger partial charge in [-0.2, -0.15) is 5.10 Å². The van der Waals surface area contributed by atoms with Crippen LogP contribution in [0.3, 0.4) is 0 Å². The molecule has 1 amide bonds. The molecule has 10 heteroatoms. The van der Waals surface area contributed by atoms with E-state index in [9.17, 15) is 19.7 Å². The molecule has 4 aromatic rings. The Hall–Kier alpha value is -4.34. The monoisotopic (exact) mass is 444 g/mol. The van der Waals surface area contributed by atoms with Crippen molar-refractivity contribution in [1.82, 2.24) is 24.2 Å². The number of carbonyl (C=O) groups is 1. The van der Waals surface area contributed by atoms with Crippen molar-refractivity contribution in [1.29, 1.82) is 0 Å². The third kappa shape index (κ3) is 3.75. The Labute approximate surface area is 187 Å². The quantitative estimate of drug-likeness (QED) is 0.345. The van der Waals surface area contributed by atoms with Gasteiger partial charge in [-0.05, 0) is 36.6 Å². The van der Waals surface area contributed by atoms with Gasteiger partial charge < -0.3 is 4.90 Å². The Morgan fingerprint density at radius 3 is 2.52 bits per heavy atom. The first-order valence-corrected chi connectivity index (χ1v) is 10.6. The van der Waals surface area contributed by atoms with Crippen molar-refractivity contribution in [2.45, 2.75) is 19.4 Å². The number of nitro benzene ring substituents is 1.